The molecule has 0 aliphatic carbocycles. The van der Waals surface area contributed by atoms with E-state index in [-0.39, 0.29) is 11.4 Å². The molecule has 6 heteroatoms. The Morgan fingerprint density at radius 2 is 1.90 bits per heavy atom. The molecule has 0 aliphatic rings. The number of aryl methyl sites for hydroxylation is 2. The Hall–Kier alpha value is -2.76. The van der Waals surface area contributed by atoms with Crippen LogP contribution in [-0.4, -0.2) is 25.7 Å². The summed E-state index contributed by atoms with van der Waals surface area (Å²) in [5.41, 5.74) is 2.47. The minimum Gasteiger partial charge on any atom is -0.478 e. The standard InChI is InChI=1S/C15H12FN3O2/c1-8-7-9(2)19-14(12(8)15(20)21)17-13(18-19)10-3-5-11(16)6-4-10/h3-7H,1-2H3,(H,20,21). The first-order valence-corrected chi connectivity index (χ1v) is 6.33. The van der Waals surface area contributed by atoms with Gasteiger partial charge in [-0.2, -0.15) is 0 Å². The second-order valence-corrected chi connectivity index (χ2v) is 4.83. The summed E-state index contributed by atoms with van der Waals surface area (Å²) in [4.78, 5) is 15.7. The molecule has 0 saturated carbocycles. The third kappa shape index (κ3) is 2.14. The summed E-state index contributed by atoms with van der Waals surface area (Å²) in [6.07, 6.45) is 0. The van der Waals surface area contributed by atoms with E-state index >= 15 is 0 Å². The Bertz CT molecular complexity index is 853. The van der Waals surface area contributed by atoms with Crippen molar-refractivity contribution in [1.29, 1.82) is 0 Å². The van der Waals surface area contributed by atoms with Crippen LogP contribution in [-0.2, 0) is 0 Å². The average molecular weight is 285 g/mol. The van der Waals surface area contributed by atoms with Crippen LogP contribution in [0.1, 0.15) is 21.6 Å². The van der Waals surface area contributed by atoms with Crippen LogP contribution in [0.15, 0.2) is 30.3 Å². The van der Waals surface area contributed by atoms with E-state index in [9.17, 15) is 14.3 Å². The van der Waals surface area contributed by atoms with Crippen molar-refractivity contribution < 1.29 is 14.3 Å². The first-order chi connectivity index (χ1) is 9.97. The van der Waals surface area contributed by atoms with Gasteiger partial charge in [-0.05, 0) is 49.7 Å². The van der Waals surface area contributed by atoms with Crippen LogP contribution in [0.4, 0.5) is 4.39 Å². The Labute approximate surface area is 119 Å². The van der Waals surface area contributed by atoms with E-state index in [4.69, 9.17) is 0 Å². The molecule has 2 heterocycles. The number of halogens is 1. The van der Waals surface area contributed by atoms with Crippen molar-refractivity contribution in [2.24, 2.45) is 0 Å². The summed E-state index contributed by atoms with van der Waals surface area (Å²) in [5.74, 6) is -1.03. The lowest BCUT2D eigenvalue weighted by Crippen LogP contribution is -2.06. The Morgan fingerprint density at radius 3 is 2.52 bits per heavy atom. The lowest BCUT2D eigenvalue weighted by Gasteiger charge is -2.04. The number of carboxylic acids is 1. The highest BCUT2D eigenvalue weighted by molar-refractivity contribution is 5.96. The summed E-state index contributed by atoms with van der Waals surface area (Å²) in [6.45, 7) is 3.55. The van der Waals surface area contributed by atoms with Crippen molar-refractivity contribution in [2.75, 3.05) is 0 Å². The fraction of sp³-hybridized carbons (Fsp3) is 0.133. The molecule has 0 bridgehead atoms. The number of aromatic nitrogens is 3. The smallest absolute Gasteiger partial charge is 0.339 e. The second-order valence-electron chi connectivity index (χ2n) is 4.83. The zero-order valence-corrected chi connectivity index (χ0v) is 11.5. The average Bonchev–Trinajstić information content (AvgIpc) is 2.84. The molecule has 0 radical (unpaired) electrons. The van der Waals surface area contributed by atoms with Crippen LogP contribution in [0.25, 0.3) is 17.0 Å². The summed E-state index contributed by atoms with van der Waals surface area (Å²) in [5, 5.41) is 13.7. The number of rotatable bonds is 2. The molecule has 0 aliphatic heterocycles. The lowest BCUT2D eigenvalue weighted by molar-refractivity contribution is 0.0697. The van der Waals surface area contributed by atoms with Gasteiger partial charge in [0.25, 0.3) is 0 Å². The molecule has 0 spiro atoms. The van der Waals surface area contributed by atoms with Crippen LogP contribution in [0.3, 0.4) is 0 Å². The number of hydrogen-bond acceptors (Lipinski definition) is 3. The zero-order chi connectivity index (χ0) is 15.1. The maximum absolute atomic E-state index is 13.0. The molecule has 2 aromatic heterocycles. The van der Waals surface area contributed by atoms with Crippen LogP contribution < -0.4 is 0 Å². The number of aromatic carboxylic acids is 1. The lowest BCUT2D eigenvalue weighted by atomic mass is 10.1. The SMILES string of the molecule is Cc1cc(C)n2nc(-c3ccc(F)cc3)nc2c1C(=O)O. The first-order valence-electron chi connectivity index (χ1n) is 6.33. The van der Waals surface area contributed by atoms with E-state index in [0.29, 0.717) is 22.6 Å². The highest BCUT2D eigenvalue weighted by Gasteiger charge is 2.18. The molecule has 0 atom stereocenters. The predicted octanol–water partition coefficient (Wildman–Crippen LogP) is 2.85. The Kier molecular flexibility index (Phi) is 2.94. The van der Waals surface area contributed by atoms with Crippen molar-refractivity contribution in [1.82, 2.24) is 14.6 Å². The molecule has 0 fully saturated rings. The van der Waals surface area contributed by atoms with Gasteiger partial charge in [-0.1, -0.05) is 0 Å². The van der Waals surface area contributed by atoms with E-state index in [1.807, 2.05) is 6.92 Å². The summed E-state index contributed by atoms with van der Waals surface area (Å²) < 4.78 is 14.5. The molecule has 106 valence electrons. The van der Waals surface area contributed by atoms with Gasteiger partial charge in [-0.3, -0.25) is 0 Å². The fourth-order valence-electron chi connectivity index (χ4n) is 2.33. The van der Waals surface area contributed by atoms with Crippen molar-refractivity contribution in [3.05, 3.63) is 53.0 Å². The molecular weight excluding hydrogens is 273 g/mol. The summed E-state index contributed by atoms with van der Waals surface area (Å²) in [6, 6.07) is 7.51. The normalized spacial score (nSPS) is 11.0. The first kappa shape index (κ1) is 13.2. The molecule has 0 saturated heterocycles. The molecule has 1 aromatic carbocycles. The second kappa shape index (κ2) is 4.66. The summed E-state index contributed by atoms with van der Waals surface area (Å²) in [7, 11) is 0. The van der Waals surface area contributed by atoms with Gasteiger partial charge in [-0.15, -0.1) is 5.10 Å². The zero-order valence-electron chi connectivity index (χ0n) is 11.5. The highest BCUT2D eigenvalue weighted by Crippen LogP contribution is 2.22. The number of benzene rings is 1. The Balaban J connectivity index is 2.29. The van der Waals surface area contributed by atoms with E-state index in [1.165, 1.54) is 16.6 Å². The minimum atomic E-state index is -1.05. The third-order valence-corrected chi connectivity index (χ3v) is 3.30. The molecule has 3 aromatic rings. The van der Waals surface area contributed by atoms with Gasteiger partial charge in [0, 0.05) is 11.3 Å². The number of carbonyl (C=O) groups is 1. The van der Waals surface area contributed by atoms with E-state index in [1.54, 1.807) is 25.1 Å². The molecule has 21 heavy (non-hydrogen) atoms. The van der Waals surface area contributed by atoms with E-state index in [2.05, 4.69) is 10.1 Å². The molecule has 3 rings (SSSR count). The number of hydrogen-bond donors (Lipinski definition) is 1. The minimum absolute atomic E-state index is 0.126. The van der Waals surface area contributed by atoms with E-state index in [0.717, 1.165) is 5.69 Å². The van der Waals surface area contributed by atoms with Gasteiger partial charge in [-0.25, -0.2) is 18.7 Å². The van der Waals surface area contributed by atoms with Gasteiger partial charge >= 0.3 is 5.97 Å². The fourth-order valence-corrected chi connectivity index (χ4v) is 2.33. The molecule has 5 nitrogen and oxygen atoms in total. The highest BCUT2D eigenvalue weighted by atomic mass is 19.1. The number of carboxylic acid groups (broad SMARTS) is 1. The largest absolute Gasteiger partial charge is 0.478 e. The van der Waals surface area contributed by atoms with Crippen LogP contribution in [0.2, 0.25) is 0 Å². The number of nitrogens with zero attached hydrogens (tertiary/aromatic N) is 3. The molecule has 0 amide bonds. The monoisotopic (exact) mass is 285 g/mol. The van der Waals surface area contributed by atoms with E-state index < -0.39 is 5.97 Å². The van der Waals surface area contributed by atoms with Crippen molar-refractivity contribution in [3.8, 4) is 11.4 Å². The van der Waals surface area contributed by atoms with Gasteiger partial charge in [0.05, 0.1) is 0 Å². The van der Waals surface area contributed by atoms with Gasteiger partial charge in [0.15, 0.2) is 11.5 Å². The van der Waals surface area contributed by atoms with Crippen LogP contribution in [0, 0.1) is 19.7 Å². The molecule has 1 N–H and O–H groups in total. The van der Waals surface area contributed by atoms with Gasteiger partial charge in [0.2, 0.25) is 0 Å². The van der Waals surface area contributed by atoms with Crippen molar-refractivity contribution >= 4 is 11.6 Å². The topological polar surface area (TPSA) is 67.5 Å². The van der Waals surface area contributed by atoms with Gasteiger partial charge < -0.3 is 5.11 Å². The van der Waals surface area contributed by atoms with Crippen LogP contribution >= 0.6 is 0 Å². The number of fused-ring (bicyclic) bond motifs is 1. The van der Waals surface area contributed by atoms with Gasteiger partial charge in [0.1, 0.15) is 11.4 Å². The van der Waals surface area contributed by atoms with Crippen LogP contribution in [0.5, 0.6) is 0 Å². The molecular formula is C15H12FN3O2. The maximum Gasteiger partial charge on any atom is 0.339 e. The van der Waals surface area contributed by atoms with Crippen molar-refractivity contribution in [2.45, 2.75) is 13.8 Å². The third-order valence-electron chi connectivity index (χ3n) is 3.30. The predicted molar refractivity (Wildman–Crippen MR) is 74.8 cm³/mol. The summed E-state index contributed by atoms with van der Waals surface area (Å²) >= 11 is 0. The Morgan fingerprint density at radius 1 is 1.24 bits per heavy atom. The maximum atomic E-state index is 13.0. The molecule has 0 unspecified atom stereocenters. The quantitative estimate of drug-likeness (QED) is 0.786. The van der Waals surface area contributed by atoms with Crippen molar-refractivity contribution in [3.63, 3.8) is 0 Å². The number of pyridine rings is 1.